The van der Waals surface area contributed by atoms with Gasteiger partial charge in [0, 0.05) is 17.8 Å². The summed E-state index contributed by atoms with van der Waals surface area (Å²) in [5, 5.41) is 12.6. The molecule has 0 aliphatic heterocycles. The number of rotatable bonds is 6. The van der Waals surface area contributed by atoms with Gasteiger partial charge in [-0.3, -0.25) is 4.79 Å². The first-order valence-electron chi connectivity index (χ1n) is 10.3. The molecule has 3 aromatic rings. The van der Waals surface area contributed by atoms with Gasteiger partial charge >= 0.3 is 5.97 Å². The molecule has 2 atom stereocenters. The summed E-state index contributed by atoms with van der Waals surface area (Å²) in [6, 6.07) is 6.46. The predicted molar refractivity (Wildman–Crippen MR) is 113 cm³/mol. The molecule has 162 valence electrons. The Morgan fingerprint density at radius 3 is 2.68 bits per heavy atom. The quantitative estimate of drug-likeness (QED) is 0.624. The van der Waals surface area contributed by atoms with Crippen LogP contribution in [0.1, 0.15) is 48.2 Å². The fourth-order valence-electron chi connectivity index (χ4n) is 4.33. The number of carboxylic acids is 1. The Morgan fingerprint density at radius 1 is 1.26 bits per heavy atom. The second-order valence-electron chi connectivity index (χ2n) is 7.93. The molecule has 1 aromatic carbocycles. The lowest BCUT2D eigenvalue weighted by molar-refractivity contribution is 0.0695. The van der Waals surface area contributed by atoms with E-state index >= 15 is 4.39 Å². The van der Waals surface area contributed by atoms with Crippen molar-refractivity contribution in [1.29, 1.82) is 0 Å². The van der Waals surface area contributed by atoms with Crippen LogP contribution in [0.25, 0.3) is 16.7 Å². The lowest BCUT2D eigenvalue weighted by atomic mass is 9.99. The fraction of sp³-hybridized carbons (Fsp3) is 0.348. The smallest absolute Gasteiger partial charge is 0.341 e. The molecule has 0 saturated heterocycles. The number of nitrogens with zero attached hydrogens (tertiary/aromatic N) is 2. The molecule has 1 aliphatic carbocycles. The zero-order valence-corrected chi connectivity index (χ0v) is 17.1. The van der Waals surface area contributed by atoms with Crippen molar-refractivity contribution in [2.75, 3.05) is 13.1 Å². The highest BCUT2D eigenvalue weighted by Crippen LogP contribution is 2.38. The van der Waals surface area contributed by atoms with E-state index in [0.29, 0.717) is 11.6 Å². The Balaban J connectivity index is 1.86. The van der Waals surface area contributed by atoms with Gasteiger partial charge in [0.05, 0.1) is 11.1 Å². The van der Waals surface area contributed by atoms with Gasteiger partial charge in [0.25, 0.3) is 0 Å². The molecule has 2 N–H and O–H groups in total. The third kappa shape index (κ3) is 4.07. The molecule has 1 fully saturated rings. The summed E-state index contributed by atoms with van der Waals surface area (Å²) in [5.41, 5.74) is -0.430. The third-order valence-corrected chi connectivity index (χ3v) is 5.90. The van der Waals surface area contributed by atoms with Crippen LogP contribution in [0.4, 0.5) is 8.78 Å². The topological polar surface area (TPSA) is 84.2 Å². The van der Waals surface area contributed by atoms with Gasteiger partial charge in [0.1, 0.15) is 22.8 Å². The molecular formula is C23H23F2N3O3. The van der Waals surface area contributed by atoms with Crippen molar-refractivity contribution >= 4 is 17.0 Å². The molecule has 0 spiro atoms. The number of fused-ring (bicyclic) bond motifs is 1. The van der Waals surface area contributed by atoms with E-state index in [1.54, 1.807) is 0 Å². The molecule has 4 rings (SSSR count). The molecular weight excluding hydrogens is 404 g/mol. The molecule has 8 heteroatoms. The number of benzene rings is 1. The highest BCUT2D eigenvalue weighted by atomic mass is 19.1. The maximum atomic E-state index is 15.0. The van der Waals surface area contributed by atoms with Gasteiger partial charge in [-0.15, -0.1) is 0 Å². The van der Waals surface area contributed by atoms with Crippen LogP contribution in [0.5, 0.6) is 0 Å². The number of hydrogen-bond acceptors (Lipinski definition) is 4. The van der Waals surface area contributed by atoms with Crippen LogP contribution in [0.2, 0.25) is 0 Å². The minimum absolute atomic E-state index is 0.0797. The Hall–Kier alpha value is -3.13. The van der Waals surface area contributed by atoms with E-state index < -0.39 is 28.6 Å². The standard InChI is InChI=1S/C23H23F2N3O3/c1-2-26-11-13-3-4-14(9-13)20-19(25)10-17-21(29)18(23(30)31)12-28(22(17)27-20)16-7-5-15(24)6-8-16/h5-8,10,12-14,26H,2-4,9,11H2,1H3,(H,30,31). The maximum Gasteiger partial charge on any atom is 0.341 e. The van der Waals surface area contributed by atoms with Gasteiger partial charge in [0.2, 0.25) is 5.43 Å². The number of aromatic carboxylic acids is 1. The zero-order valence-electron chi connectivity index (χ0n) is 17.1. The van der Waals surface area contributed by atoms with Crippen molar-refractivity contribution in [2.45, 2.75) is 32.1 Å². The van der Waals surface area contributed by atoms with Gasteiger partial charge in [-0.05, 0) is 68.6 Å². The van der Waals surface area contributed by atoms with Crippen molar-refractivity contribution < 1.29 is 18.7 Å². The monoisotopic (exact) mass is 427 g/mol. The van der Waals surface area contributed by atoms with Crippen LogP contribution >= 0.6 is 0 Å². The van der Waals surface area contributed by atoms with E-state index in [9.17, 15) is 19.1 Å². The van der Waals surface area contributed by atoms with Crippen LogP contribution < -0.4 is 10.7 Å². The van der Waals surface area contributed by atoms with E-state index in [0.717, 1.165) is 44.6 Å². The average Bonchev–Trinajstić information content (AvgIpc) is 3.22. The first kappa shape index (κ1) is 21.1. The molecule has 2 heterocycles. The summed E-state index contributed by atoms with van der Waals surface area (Å²) in [4.78, 5) is 28.8. The van der Waals surface area contributed by atoms with Crippen LogP contribution in [0.15, 0.2) is 41.3 Å². The second kappa shape index (κ2) is 8.55. The zero-order chi connectivity index (χ0) is 22.1. The number of nitrogens with one attached hydrogen (secondary N) is 1. The van der Waals surface area contributed by atoms with Gasteiger partial charge in [0.15, 0.2) is 0 Å². The number of hydrogen-bond donors (Lipinski definition) is 2. The van der Waals surface area contributed by atoms with E-state index in [-0.39, 0.29) is 22.6 Å². The van der Waals surface area contributed by atoms with Gasteiger partial charge < -0.3 is 15.0 Å². The van der Waals surface area contributed by atoms with E-state index in [4.69, 9.17) is 0 Å². The fourth-order valence-corrected chi connectivity index (χ4v) is 4.33. The number of pyridine rings is 2. The summed E-state index contributed by atoms with van der Waals surface area (Å²) in [7, 11) is 0. The van der Waals surface area contributed by atoms with E-state index in [1.807, 2.05) is 6.92 Å². The molecule has 31 heavy (non-hydrogen) atoms. The highest BCUT2D eigenvalue weighted by Gasteiger charge is 2.30. The van der Waals surface area contributed by atoms with Crippen LogP contribution in [0.3, 0.4) is 0 Å². The predicted octanol–water partition coefficient (Wildman–Crippen LogP) is 3.86. The third-order valence-electron chi connectivity index (χ3n) is 5.90. The van der Waals surface area contributed by atoms with Crippen molar-refractivity contribution in [3.8, 4) is 5.69 Å². The van der Waals surface area contributed by atoms with Crippen LogP contribution in [-0.2, 0) is 0 Å². The first-order valence-corrected chi connectivity index (χ1v) is 10.3. The number of halogens is 2. The van der Waals surface area contributed by atoms with Gasteiger partial charge in [-0.1, -0.05) is 6.92 Å². The van der Waals surface area contributed by atoms with Crippen molar-refractivity contribution in [2.24, 2.45) is 5.92 Å². The van der Waals surface area contributed by atoms with E-state index in [2.05, 4.69) is 10.3 Å². The minimum atomic E-state index is -1.42. The van der Waals surface area contributed by atoms with Gasteiger partial charge in [-0.25, -0.2) is 18.6 Å². The summed E-state index contributed by atoms with van der Waals surface area (Å²) in [6.07, 6.45) is 3.70. The maximum absolute atomic E-state index is 15.0. The van der Waals surface area contributed by atoms with Crippen molar-refractivity contribution in [3.05, 3.63) is 69.6 Å². The minimum Gasteiger partial charge on any atom is -0.477 e. The lowest BCUT2D eigenvalue weighted by Crippen LogP contribution is -2.21. The lowest BCUT2D eigenvalue weighted by Gasteiger charge is -2.16. The summed E-state index contributed by atoms with van der Waals surface area (Å²) >= 11 is 0. The van der Waals surface area contributed by atoms with E-state index in [1.165, 1.54) is 28.8 Å². The normalized spacial score (nSPS) is 18.5. The molecule has 2 unspecified atom stereocenters. The van der Waals surface area contributed by atoms with Crippen molar-refractivity contribution in [1.82, 2.24) is 14.9 Å². The Morgan fingerprint density at radius 2 is 2.00 bits per heavy atom. The molecule has 6 nitrogen and oxygen atoms in total. The van der Waals surface area contributed by atoms with Gasteiger partial charge in [-0.2, -0.15) is 0 Å². The van der Waals surface area contributed by atoms with Crippen LogP contribution in [-0.4, -0.2) is 33.7 Å². The summed E-state index contributed by atoms with van der Waals surface area (Å²) < 4.78 is 29.8. The molecule has 0 amide bonds. The molecule has 2 aromatic heterocycles. The SMILES string of the molecule is CCNCC1CCC(c2nc3c(cc2F)c(=O)c(C(=O)O)cn3-c2ccc(F)cc2)C1. The number of carboxylic acid groups (broad SMARTS) is 1. The molecule has 0 radical (unpaired) electrons. The Labute approximate surface area is 177 Å². The molecule has 1 aliphatic rings. The number of carbonyl (C=O) groups is 1. The first-order chi connectivity index (χ1) is 14.9. The largest absolute Gasteiger partial charge is 0.477 e. The average molecular weight is 427 g/mol. The molecule has 1 saturated carbocycles. The summed E-state index contributed by atoms with van der Waals surface area (Å²) in [5.74, 6) is -2.13. The highest BCUT2D eigenvalue weighted by molar-refractivity contribution is 5.92. The summed E-state index contributed by atoms with van der Waals surface area (Å²) in [6.45, 7) is 3.78. The number of aromatic nitrogens is 2. The Kier molecular flexibility index (Phi) is 5.82. The second-order valence-corrected chi connectivity index (χ2v) is 7.93. The Bertz CT molecular complexity index is 1190. The molecule has 0 bridgehead atoms. The van der Waals surface area contributed by atoms with Crippen molar-refractivity contribution in [3.63, 3.8) is 0 Å². The van der Waals surface area contributed by atoms with Crippen LogP contribution in [0, 0.1) is 17.6 Å².